The minimum absolute atomic E-state index is 0.0353. The number of nitrogens with one attached hydrogen (secondary N) is 2. The van der Waals surface area contributed by atoms with Crippen molar-refractivity contribution in [3.8, 4) is 0 Å². The minimum Gasteiger partial charge on any atom is -0.396 e. The lowest BCUT2D eigenvalue weighted by atomic mass is 10.1. The van der Waals surface area contributed by atoms with Crippen molar-refractivity contribution in [2.24, 2.45) is 5.73 Å². The topological polar surface area (TPSA) is 205 Å². The molecular weight excluding hydrogens is 717 g/mol. The number of anilines is 2. The Balaban J connectivity index is 1.21. The van der Waals surface area contributed by atoms with Crippen molar-refractivity contribution in [3.05, 3.63) is 94.6 Å². The number of carbonyl (C=O) groups is 3. The first-order valence-electron chi connectivity index (χ1n) is 18.7. The molecule has 4 aromatic heterocycles. The van der Waals surface area contributed by atoms with Crippen LogP contribution < -0.4 is 16.4 Å². The van der Waals surface area contributed by atoms with Gasteiger partial charge in [-0.2, -0.15) is 10.2 Å². The summed E-state index contributed by atoms with van der Waals surface area (Å²) in [6.45, 7) is 10.8. The number of hydrogen-bond acceptors (Lipinski definition) is 10. The highest BCUT2D eigenvalue weighted by Gasteiger charge is 2.22. The number of allylic oxidation sites excluding steroid dienone is 2. The van der Waals surface area contributed by atoms with E-state index in [9.17, 15) is 19.5 Å². The predicted octanol–water partition coefficient (Wildman–Crippen LogP) is 3.49. The summed E-state index contributed by atoms with van der Waals surface area (Å²) in [5, 5.41) is 24.2. The number of primary amides is 1. The summed E-state index contributed by atoms with van der Waals surface area (Å²) in [7, 11) is 0. The molecule has 5 N–H and O–H groups in total. The number of aryl methyl sites for hydroxylation is 4. The lowest BCUT2D eigenvalue weighted by molar-refractivity contribution is 0.0343. The highest BCUT2D eigenvalue weighted by molar-refractivity contribution is 6.04. The first kappa shape index (κ1) is 38.1. The number of morpholine rings is 1. The molecule has 0 unspecified atom stereocenters. The molecule has 0 saturated carbocycles. The van der Waals surface area contributed by atoms with Crippen molar-refractivity contribution in [2.75, 3.05) is 43.5 Å². The summed E-state index contributed by atoms with van der Waals surface area (Å²) in [6, 6.07) is 14.4. The Morgan fingerprint density at radius 3 is 2.18 bits per heavy atom. The molecule has 0 atom stereocenters. The van der Waals surface area contributed by atoms with Gasteiger partial charge in [0.15, 0.2) is 0 Å². The summed E-state index contributed by atoms with van der Waals surface area (Å²) in [5.41, 5.74) is 11.9. The van der Waals surface area contributed by atoms with E-state index in [-0.39, 0.29) is 18.5 Å². The summed E-state index contributed by atoms with van der Waals surface area (Å²) >= 11 is 0. The second kappa shape index (κ2) is 16.7. The number of carbonyl (C=O) groups excluding carboxylic acids is 3. The largest absolute Gasteiger partial charge is 0.396 e. The van der Waals surface area contributed by atoms with E-state index in [2.05, 4.69) is 36.8 Å². The molecule has 5 heterocycles. The number of nitrogens with two attached hydrogens (primary N) is 1. The van der Waals surface area contributed by atoms with Crippen molar-refractivity contribution in [1.82, 2.24) is 43.6 Å². The van der Waals surface area contributed by atoms with Crippen LogP contribution in [0.3, 0.4) is 0 Å². The number of ether oxygens (including phenoxy) is 1. The number of benzene rings is 2. The Labute approximate surface area is 322 Å². The van der Waals surface area contributed by atoms with E-state index in [1.807, 2.05) is 47.3 Å². The van der Waals surface area contributed by atoms with Crippen LogP contribution in [0.5, 0.6) is 0 Å². The van der Waals surface area contributed by atoms with Gasteiger partial charge in [-0.05, 0) is 69.2 Å². The molecule has 17 nitrogen and oxygen atoms in total. The van der Waals surface area contributed by atoms with Crippen molar-refractivity contribution >= 4 is 51.7 Å². The van der Waals surface area contributed by atoms with E-state index in [1.165, 1.54) is 0 Å². The van der Waals surface area contributed by atoms with Crippen molar-refractivity contribution in [2.45, 2.75) is 59.9 Å². The lowest BCUT2D eigenvalue weighted by Crippen LogP contribution is -2.35. The molecular formula is C39H46N12O5. The number of aliphatic hydroxyl groups excluding tert-OH is 1. The van der Waals surface area contributed by atoms with E-state index < -0.39 is 11.8 Å². The second-order valence-electron chi connectivity index (χ2n) is 13.7. The van der Waals surface area contributed by atoms with Crippen LogP contribution in [0.4, 0.5) is 11.9 Å². The number of fused-ring (bicyclic) bond motifs is 2. The van der Waals surface area contributed by atoms with Gasteiger partial charge in [0.1, 0.15) is 11.4 Å². The number of hydrogen-bond donors (Lipinski definition) is 4. The fourth-order valence-electron chi connectivity index (χ4n) is 7.00. The standard InChI is InChI=1S/C39H46N12O5/c1-4-50-32(21-25(2)45-50)36(54)44-39-41-29-10-7-9-28(24-47-16-19-56-20-17-47)34(29)49(39)14-6-5-13-48-31-12-11-27(35(40)53)23-30(31)42-38(48)43-37(55)33-22-26(3)46-51(33)15-8-18-52/h5-7,9-12,21-23,52H,4,8,13-20,24H2,1-3H3,(H2,40,53)(H,41,44,54)(H,42,43,55)/b6-5+. The number of aromatic nitrogens is 8. The maximum absolute atomic E-state index is 13.7. The Hall–Kier alpha value is -6.17. The molecule has 292 valence electrons. The van der Waals surface area contributed by atoms with Crippen LogP contribution in [0, 0.1) is 13.8 Å². The minimum atomic E-state index is -0.590. The van der Waals surface area contributed by atoms with Gasteiger partial charge in [0, 0.05) is 58.0 Å². The molecule has 0 aliphatic carbocycles. The monoisotopic (exact) mass is 762 g/mol. The Kier molecular flexibility index (Phi) is 11.4. The second-order valence-corrected chi connectivity index (χ2v) is 13.7. The molecule has 56 heavy (non-hydrogen) atoms. The Bertz CT molecular complexity index is 2430. The molecule has 1 saturated heterocycles. The summed E-state index contributed by atoms with van der Waals surface area (Å²) < 4.78 is 12.7. The maximum Gasteiger partial charge on any atom is 0.276 e. The van der Waals surface area contributed by atoms with Gasteiger partial charge in [-0.15, -0.1) is 0 Å². The van der Waals surface area contributed by atoms with Gasteiger partial charge in [-0.25, -0.2) is 9.97 Å². The van der Waals surface area contributed by atoms with E-state index in [1.54, 1.807) is 46.6 Å². The van der Waals surface area contributed by atoms with Gasteiger partial charge in [-0.1, -0.05) is 24.3 Å². The van der Waals surface area contributed by atoms with Crippen molar-refractivity contribution < 1.29 is 24.2 Å². The average molecular weight is 763 g/mol. The van der Waals surface area contributed by atoms with Crippen LogP contribution in [0.25, 0.3) is 22.1 Å². The number of imidazole rings is 2. The predicted molar refractivity (Wildman–Crippen MR) is 210 cm³/mol. The summed E-state index contributed by atoms with van der Waals surface area (Å²) in [6.07, 6.45) is 4.37. The third kappa shape index (κ3) is 8.10. The summed E-state index contributed by atoms with van der Waals surface area (Å²) in [4.78, 5) is 51.2. The molecule has 0 radical (unpaired) electrons. The quantitative estimate of drug-likeness (QED) is 0.112. The van der Waals surface area contributed by atoms with Gasteiger partial charge in [0.2, 0.25) is 17.8 Å². The van der Waals surface area contributed by atoms with Gasteiger partial charge in [0.05, 0.1) is 46.7 Å². The van der Waals surface area contributed by atoms with Crippen LogP contribution >= 0.6 is 0 Å². The van der Waals surface area contributed by atoms with E-state index >= 15 is 0 Å². The van der Waals surface area contributed by atoms with Crippen LogP contribution in [0.2, 0.25) is 0 Å². The number of amides is 3. The smallest absolute Gasteiger partial charge is 0.276 e. The van der Waals surface area contributed by atoms with Gasteiger partial charge in [-0.3, -0.25) is 39.3 Å². The summed E-state index contributed by atoms with van der Waals surface area (Å²) in [5.74, 6) is -0.653. The number of rotatable bonds is 15. The zero-order valence-corrected chi connectivity index (χ0v) is 31.7. The lowest BCUT2D eigenvalue weighted by Gasteiger charge is -2.27. The highest BCUT2D eigenvalue weighted by Crippen LogP contribution is 2.27. The molecule has 3 amide bonds. The third-order valence-electron chi connectivity index (χ3n) is 9.67. The van der Waals surface area contributed by atoms with Crippen LogP contribution in [0.15, 0.2) is 60.7 Å². The van der Waals surface area contributed by atoms with Crippen LogP contribution in [-0.2, 0) is 37.5 Å². The first-order chi connectivity index (χ1) is 27.1. The fourth-order valence-corrected chi connectivity index (χ4v) is 7.00. The average Bonchev–Trinajstić information content (AvgIpc) is 3.95. The number of para-hydroxylation sites is 1. The van der Waals surface area contributed by atoms with Gasteiger partial charge in [0.25, 0.3) is 11.8 Å². The van der Waals surface area contributed by atoms with Gasteiger partial charge < -0.3 is 24.7 Å². The molecule has 1 fully saturated rings. The Morgan fingerprint density at radius 1 is 0.857 bits per heavy atom. The van der Waals surface area contributed by atoms with Crippen molar-refractivity contribution in [1.29, 1.82) is 0 Å². The van der Waals surface area contributed by atoms with Crippen LogP contribution in [0.1, 0.15) is 61.6 Å². The molecule has 17 heteroatoms. The van der Waals surface area contributed by atoms with E-state index in [4.69, 9.17) is 15.5 Å². The Morgan fingerprint density at radius 2 is 1.50 bits per heavy atom. The highest BCUT2D eigenvalue weighted by atomic mass is 16.5. The fraction of sp³-hybridized carbons (Fsp3) is 0.359. The van der Waals surface area contributed by atoms with Crippen LogP contribution in [-0.4, -0.2) is 99.3 Å². The molecule has 1 aliphatic rings. The third-order valence-corrected chi connectivity index (χ3v) is 9.67. The molecule has 6 aromatic rings. The zero-order valence-electron chi connectivity index (χ0n) is 31.7. The molecule has 1 aliphatic heterocycles. The molecule has 7 rings (SSSR count). The number of aliphatic hydroxyl groups is 1. The van der Waals surface area contributed by atoms with Gasteiger partial charge >= 0.3 is 0 Å². The molecule has 0 bridgehead atoms. The van der Waals surface area contributed by atoms with Crippen molar-refractivity contribution in [3.63, 3.8) is 0 Å². The first-order valence-corrected chi connectivity index (χ1v) is 18.7. The molecule has 0 spiro atoms. The SMILES string of the molecule is CCn1nc(C)cc1C(=O)Nc1nc2cccc(CN3CCOCC3)c2n1C/C=C/Cn1c(NC(=O)c2cc(C)nn2CCCO)nc2cc(C(N)=O)ccc21. The normalized spacial score (nSPS) is 13.6. The maximum atomic E-state index is 13.7. The zero-order chi connectivity index (χ0) is 39.3. The molecule has 2 aromatic carbocycles. The van der Waals surface area contributed by atoms with E-state index in [0.29, 0.717) is 92.0 Å². The number of nitrogens with zero attached hydrogens (tertiary/aromatic N) is 9. The van der Waals surface area contributed by atoms with E-state index in [0.717, 1.165) is 35.4 Å².